The summed E-state index contributed by atoms with van der Waals surface area (Å²) < 4.78 is 79.3. The second kappa shape index (κ2) is 8.49. The summed E-state index contributed by atoms with van der Waals surface area (Å²) in [6.07, 6.45) is -3.52. The van der Waals surface area contributed by atoms with Gasteiger partial charge in [0.05, 0.1) is 7.11 Å². The number of methoxy groups -OCH3 is 1. The summed E-state index contributed by atoms with van der Waals surface area (Å²) in [5.74, 6) is -5.54. The molecule has 0 radical (unpaired) electrons. The van der Waals surface area contributed by atoms with E-state index in [1.807, 2.05) is 0 Å². The highest BCUT2D eigenvalue weighted by atomic mass is 19.4. The summed E-state index contributed by atoms with van der Waals surface area (Å²) in [5, 5.41) is 19.7. The number of ether oxygens (including phenoxy) is 2. The van der Waals surface area contributed by atoms with Gasteiger partial charge in [-0.2, -0.15) is 17.6 Å². The van der Waals surface area contributed by atoms with Crippen LogP contribution in [0.25, 0.3) is 5.65 Å². The Morgan fingerprint density at radius 3 is 2.59 bits per heavy atom. The molecule has 1 amide bonds. The van der Waals surface area contributed by atoms with E-state index in [0.717, 1.165) is 20.1 Å². The minimum Gasteiger partial charge on any atom is -0.490 e. The molecule has 34 heavy (non-hydrogen) atoms. The van der Waals surface area contributed by atoms with Gasteiger partial charge in [0, 0.05) is 18.0 Å². The van der Waals surface area contributed by atoms with E-state index in [0.29, 0.717) is 6.07 Å². The van der Waals surface area contributed by atoms with Crippen molar-refractivity contribution in [3.05, 3.63) is 58.9 Å². The molecule has 1 aromatic carbocycles. The summed E-state index contributed by atoms with van der Waals surface area (Å²) in [5.41, 5.74) is -2.29. The lowest BCUT2D eigenvalue weighted by atomic mass is 10.1. The number of carbonyl (C=O) groups is 1. The van der Waals surface area contributed by atoms with Crippen LogP contribution in [0.1, 0.15) is 21.6 Å². The van der Waals surface area contributed by atoms with Crippen LogP contribution in [0, 0.1) is 18.6 Å². The molecule has 0 saturated heterocycles. The third kappa shape index (κ3) is 4.14. The van der Waals surface area contributed by atoms with Gasteiger partial charge in [-0.3, -0.25) is 4.79 Å². The fraction of sp³-hybridized carbons (Fsp3) is 0.158. The quantitative estimate of drug-likeness (QED) is 0.430. The molecule has 4 aromatic rings. The number of pyridine rings is 1. The minimum absolute atomic E-state index is 0.147. The number of fused-ring (bicyclic) bond motifs is 1. The third-order valence-electron chi connectivity index (χ3n) is 4.56. The van der Waals surface area contributed by atoms with Crippen LogP contribution in [-0.2, 0) is 6.18 Å². The van der Waals surface area contributed by atoms with E-state index in [4.69, 9.17) is 9.47 Å². The van der Waals surface area contributed by atoms with Gasteiger partial charge in [-0.25, -0.2) is 8.91 Å². The Bertz CT molecular complexity index is 1410. The van der Waals surface area contributed by atoms with Crippen molar-refractivity contribution in [3.63, 3.8) is 0 Å². The second-order valence-electron chi connectivity index (χ2n) is 6.70. The number of rotatable bonds is 5. The molecule has 0 aliphatic carbocycles. The molecular weight excluding hydrogens is 469 g/mol. The van der Waals surface area contributed by atoms with Gasteiger partial charge in [-0.05, 0) is 41.1 Å². The van der Waals surface area contributed by atoms with Gasteiger partial charge in [0.2, 0.25) is 11.6 Å². The summed E-state index contributed by atoms with van der Waals surface area (Å²) >= 11 is 0. The number of amides is 1. The molecule has 3 aromatic heterocycles. The Hall–Kier alpha value is -4.43. The predicted octanol–water partition coefficient (Wildman–Crippen LogP) is 3.57. The molecule has 0 spiro atoms. The highest BCUT2D eigenvalue weighted by molar-refractivity contribution is 6.07. The zero-order chi connectivity index (χ0) is 24.6. The number of halogens is 5. The maximum Gasteiger partial charge on any atom is 0.435 e. The second-order valence-corrected chi connectivity index (χ2v) is 6.70. The molecule has 0 fully saturated rings. The van der Waals surface area contributed by atoms with Crippen LogP contribution in [0.2, 0.25) is 0 Å². The SMILES string of the molecule is COc1c(Oc2nnc(C(F)(F)F)c(C)c2C(=O)Nc2ccn3nnnc3c2)ccc(F)c1F. The van der Waals surface area contributed by atoms with Gasteiger partial charge in [-0.15, -0.1) is 15.3 Å². The molecule has 0 atom stereocenters. The van der Waals surface area contributed by atoms with Crippen molar-refractivity contribution < 1.29 is 36.2 Å². The molecule has 15 heteroatoms. The fourth-order valence-corrected chi connectivity index (χ4v) is 3.01. The Labute approximate surface area is 186 Å². The standard InChI is InChI=1S/C19H12F5N7O3/c1-8-13(17(32)25-9-5-6-31-12(7-9)26-29-30-31)18(28-27-16(8)19(22,23)24)34-11-4-3-10(20)14(21)15(11)33-2/h3-7H,1-2H3,(H,25,32). The fourth-order valence-electron chi connectivity index (χ4n) is 3.01. The summed E-state index contributed by atoms with van der Waals surface area (Å²) in [7, 11) is 1.03. The summed E-state index contributed by atoms with van der Waals surface area (Å²) in [4.78, 5) is 13.0. The Morgan fingerprint density at radius 2 is 1.88 bits per heavy atom. The largest absolute Gasteiger partial charge is 0.490 e. The zero-order valence-electron chi connectivity index (χ0n) is 17.2. The molecule has 0 bridgehead atoms. The average Bonchev–Trinajstić information content (AvgIpc) is 3.23. The van der Waals surface area contributed by atoms with Gasteiger partial charge >= 0.3 is 6.18 Å². The van der Waals surface area contributed by atoms with Crippen LogP contribution in [-0.4, -0.2) is 43.3 Å². The van der Waals surface area contributed by atoms with Gasteiger partial charge in [0.15, 0.2) is 22.9 Å². The molecule has 3 heterocycles. The summed E-state index contributed by atoms with van der Waals surface area (Å²) in [6, 6.07) is 4.43. The van der Waals surface area contributed by atoms with Crippen molar-refractivity contribution >= 4 is 17.2 Å². The average molecular weight is 481 g/mol. The van der Waals surface area contributed by atoms with E-state index in [9.17, 15) is 26.7 Å². The van der Waals surface area contributed by atoms with Crippen LogP contribution >= 0.6 is 0 Å². The molecule has 0 aliphatic heterocycles. The van der Waals surface area contributed by atoms with E-state index in [2.05, 4.69) is 31.0 Å². The smallest absolute Gasteiger partial charge is 0.435 e. The molecule has 176 valence electrons. The van der Waals surface area contributed by atoms with Crippen molar-refractivity contribution in [2.75, 3.05) is 12.4 Å². The van der Waals surface area contributed by atoms with E-state index in [1.165, 1.54) is 22.8 Å². The molecular formula is C19H12F5N7O3. The lowest BCUT2D eigenvalue weighted by molar-refractivity contribution is -0.142. The molecule has 4 rings (SSSR count). The molecule has 0 aliphatic rings. The van der Waals surface area contributed by atoms with Crippen LogP contribution in [0.3, 0.4) is 0 Å². The van der Waals surface area contributed by atoms with Crippen molar-refractivity contribution in [2.24, 2.45) is 0 Å². The summed E-state index contributed by atoms with van der Waals surface area (Å²) in [6.45, 7) is 0.993. The lowest BCUT2D eigenvalue weighted by Crippen LogP contribution is -2.21. The predicted molar refractivity (Wildman–Crippen MR) is 103 cm³/mol. The van der Waals surface area contributed by atoms with Crippen LogP contribution in [0.15, 0.2) is 30.5 Å². The maximum atomic E-state index is 14.1. The number of alkyl halides is 3. The van der Waals surface area contributed by atoms with Crippen molar-refractivity contribution in [1.82, 2.24) is 30.2 Å². The van der Waals surface area contributed by atoms with Crippen molar-refractivity contribution in [3.8, 4) is 17.4 Å². The van der Waals surface area contributed by atoms with E-state index in [-0.39, 0.29) is 11.3 Å². The molecule has 10 nitrogen and oxygen atoms in total. The van der Waals surface area contributed by atoms with Gasteiger partial charge in [-0.1, -0.05) is 0 Å². The first-order chi connectivity index (χ1) is 16.1. The topological polar surface area (TPSA) is 116 Å². The van der Waals surface area contributed by atoms with Crippen LogP contribution in [0.4, 0.5) is 27.6 Å². The number of tetrazole rings is 1. The van der Waals surface area contributed by atoms with Gasteiger partial charge in [0.1, 0.15) is 5.56 Å². The highest BCUT2D eigenvalue weighted by Crippen LogP contribution is 2.38. The van der Waals surface area contributed by atoms with Crippen molar-refractivity contribution in [2.45, 2.75) is 13.1 Å². The number of aromatic nitrogens is 6. The first-order valence-electron chi connectivity index (χ1n) is 9.23. The number of hydrogen-bond acceptors (Lipinski definition) is 8. The number of hydrogen-bond donors (Lipinski definition) is 1. The number of benzene rings is 1. The van der Waals surface area contributed by atoms with Crippen LogP contribution in [0.5, 0.6) is 17.4 Å². The third-order valence-corrected chi connectivity index (χ3v) is 4.56. The lowest BCUT2D eigenvalue weighted by Gasteiger charge is -2.17. The maximum absolute atomic E-state index is 14.1. The van der Waals surface area contributed by atoms with E-state index >= 15 is 0 Å². The number of anilines is 1. The molecule has 0 saturated carbocycles. The highest BCUT2D eigenvalue weighted by Gasteiger charge is 2.38. The minimum atomic E-state index is -4.93. The first kappa shape index (κ1) is 22.8. The normalized spacial score (nSPS) is 11.5. The number of nitrogens with one attached hydrogen (secondary N) is 1. The Balaban J connectivity index is 1.79. The number of nitrogens with zero attached hydrogens (tertiary/aromatic N) is 6. The van der Waals surface area contributed by atoms with Gasteiger partial charge in [0.25, 0.3) is 11.8 Å². The Kier molecular flexibility index (Phi) is 5.68. The Morgan fingerprint density at radius 1 is 1.12 bits per heavy atom. The molecule has 0 unspecified atom stereocenters. The monoisotopic (exact) mass is 481 g/mol. The van der Waals surface area contributed by atoms with Crippen molar-refractivity contribution in [1.29, 1.82) is 0 Å². The van der Waals surface area contributed by atoms with Gasteiger partial charge < -0.3 is 14.8 Å². The first-order valence-corrected chi connectivity index (χ1v) is 9.23. The van der Waals surface area contributed by atoms with E-state index < -0.39 is 57.9 Å². The van der Waals surface area contributed by atoms with E-state index in [1.54, 1.807) is 0 Å². The zero-order valence-corrected chi connectivity index (χ0v) is 17.2. The number of carbonyl (C=O) groups excluding carboxylic acids is 1. The van der Waals surface area contributed by atoms with Crippen LogP contribution < -0.4 is 14.8 Å². The molecule has 1 N–H and O–H groups in total.